The molecule has 0 aliphatic carbocycles. The molecule has 7 nitrogen and oxygen atoms in total. The summed E-state index contributed by atoms with van der Waals surface area (Å²) >= 11 is 0. The van der Waals surface area contributed by atoms with E-state index in [-0.39, 0.29) is 5.91 Å². The van der Waals surface area contributed by atoms with Gasteiger partial charge >= 0.3 is 0 Å². The summed E-state index contributed by atoms with van der Waals surface area (Å²) in [6, 6.07) is 11.5. The van der Waals surface area contributed by atoms with Gasteiger partial charge in [-0.1, -0.05) is 18.2 Å². The highest BCUT2D eigenvalue weighted by molar-refractivity contribution is 5.94. The Morgan fingerprint density at radius 3 is 2.88 bits per heavy atom. The molecule has 0 saturated carbocycles. The SMILES string of the molecule is O=C(NCCc1c[nH]c2ccccc12)c1ccnc(-n2cnnc2)c1. The summed E-state index contributed by atoms with van der Waals surface area (Å²) in [5.74, 6) is 0.478. The predicted octanol–water partition coefficient (Wildman–Crippen LogP) is 2.12. The van der Waals surface area contributed by atoms with Crippen molar-refractivity contribution in [2.24, 2.45) is 0 Å². The van der Waals surface area contributed by atoms with Crippen LogP contribution in [0.3, 0.4) is 0 Å². The average molecular weight is 332 g/mol. The second kappa shape index (κ2) is 6.56. The van der Waals surface area contributed by atoms with Gasteiger partial charge in [-0.2, -0.15) is 0 Å². The predicted molar refractivity (Wildman–Crippen MR) is 93.5 cm³/mol. The molecule has 0 spiro atoms. The third-order valence-electron chi connectivity index (χ3n) is 4.05. The van der Waals surface area contributed by atoms with Crippen LogP contribution in [0.5, 0.6) is 0 Å². The Morgan fingerprint density at radius 1 is 1.16 bits per heavy atom. The zero-order chi connectivity index (χ0) is 17.1. The highest BCUT2D eigenvalue weighted by atomic mass is 16.1. The molecule has 0 atom stereocenters. The monoisotopic (exact) mass is 332 g/mol. The van der Waals surface area contributed by atoms with Crippen molar-refractivity contribution in [3.8, 4) is 5.82 Å². The average Bonchev–Trinajstić information content (AvgIpc) is 3.32. The lowest BCUT2D eigenvalue weighted by Crippen LogP contribution is -2.25. The van der Waals surface area contributed by atoms with Gasteiger partial charge in [0, 0.05) is 35.4 Å². The summed E-state index contributed by atoms with van der Waals surface area (Å²) in [5, 5.41) is 11.6. The minimum absolute atomic E-state index is 0.128. The molecule has 0 saturated heterocycles. The van der Waals surface area contributed by atoms with E-state index in [9.17, 15) is 4.79 Å². The van der Waals surface area contributed by atoms with Crippen molar-refractivity contribution in [2.45, 2.75) is 6.42 Å². The summed E-state index contributed by atoms with van der Waals surface area (Å²) < 4.78 is 1.66. The molecule has 0 radical (unpaired) electrons. The third-order valence-corrected chi connectivity index (χ3v) is 4.05. The second-order valence-electron chi connectivity index (χ2n) is 5.64. The van der Waals surface area contributed by atoms with E-state index in [0.717, 1.165) is 11.9 Å². The van der Waals surface area contributed by atoms with E-state index in [1.54, 1.807) is 35.6 Å². The quantitative estimate of drug-likeness (QED) is 0.586. The van der Waals surface area contributed by atoms with E-state index in [1.165, 1.54) is 10.9 Å². The summed E-state index contributed by atoms with van der Waals surface area (Å²) in [7, 11) is 0. The number of pyridine rings is 1. The number of amides is 1. The molecule has 124 valence electrons. The Kier molecular flexibility index (Phi) is 3.96. The van der Waals surface area contributed by atoms with Crippen molar-refractivity contribution < 1.29 is 4.79 Å². The number of hydrogen-bond acceptors (Lipinski definition) is 4. The molecule has 2 N–H and O–H groups in total. The van der Waals surface area contributed by atoms with Crippen molar-refractivity contribution in [1.29, 1.82) is 0 Å². The molecule has 1 amide bonds. The number of H-pyrrole nitrogens is 1. The van der Waals surface area contributed by atoms with Gasteiger partial charge in [0.15, 0.2) is 0 Å². The standard InChI is InChI=1S/C18H16N6O/c25-18(13-5-7-19-17(9-13)24-11-22-23-12-24)20-8-6-14-10-21-16-4-2-1-3-15(14)16/h1-5,7,9-12,21H,6,8H2,(H,20,25). The van der Waals surface area contributed by atoms with Crippen LogP contribution in [0.15, 0.2) is 61.4 Å². The Labute approximate surface area is 143 Å². The smallest absolute Gasteiger partial charge is 0.251 e. The summed E-state index contributed by atoms with van der Waals surface area (Å²) in [6.45, 7) is 0.560. The van der Waals surface area contributed by atoms with Gasteiger partial charge in [0.1, 0.15) is 18.5 Å². The number of rotatable bonds is 5. The van der Waals surface area contributed by atoms with Gasteiger partial charge in [0.25, 0.3) is 5.91 Å². The lowest BCUT2D eigenvalue weighted by atomic mass is 10.1. The number of nitrogens with one attached hydrogen (secondary N) is 2. The molecule has 7 heteroatoms. The number of para-hydroxylation sites is 1. The van der Waals surface area contributed by atoms with Crippen LogP contribution in [0.4, 0.5) is 0 Å². The highest BCUT2D eigenvalue weighted by Gasteiger charge is 2.08. The topological polar surface area (TPSA) is 88.5 Å². The van der Waals surface area contributed by atoms with Crippen molar-refractivity contribution in [3.05, 3.63) is 72.6 Å². The summed E-state index contributed by atoms with van der Waals surface area (Å²) in [4.78, 5) is 19.8. The molecule has 0 bridgehead atoms. The minimum Gasteiger partial charge on any atom is -0.361 e. The van der Waals surface area contributed by atoms with Crippen LogP contribution in [0.25, 0.3) is 16.7 Å². The van der Waals surface area contributed by atoms with Crippen LogP contribution in [0.1, 0.15) is 15.9 Å². The van der Waals surface area contributed by atoms with Crippen LogP contribution in [-0.2, 0) is 6.42 Å². The van der Waals surface area contributed by atoms with Gasteiger partial charge in [0.05, 0.1) is 0 Å². The maximum atomic E-state index is 12.4. The fourth-order valence-corrected chi connectivity index (χ4v) is 2.77. The largest absolute Gasteiger partial charge is 0.361 e. The Morgan fingerprint density at radius 2 is 2.00 bits per heavy atom. The molecule has 0 aliphatic heterocycles. The van der Waals surface area contributed by atoms with Crippen molar-refractivity contribution >= 4 is 16.8 Å². The lowest BCUT2D eigenvalue weighted by Gasteiger charge is -2.06. The van der Waals surface area contributed by atoms with Crippen LogP contribution in [0.2, 0.25) is 0 Å². The van der Waals surface area contributed by atoms with E-state index in [1.807, 2.05) is 24.4 Å². The van der Waals surface area contributed by atoms with Crippen molar-refractivity contribution in [2.75, 3.05) is 6.54 Å². The summed E-state index contributed by atoms with van der Waals surface area (Å²) in [6.07, 6.45) is 7.44. The van der Waals surface area contributed by atoms with E-state index in [4.69, 9.17) is 0 Å². The van der Waals surface area contributed by atoms with Crippen LogP contribution < -0.4 is 5.32 Å². The van der Waals surface area contributed by atoms with Gasteiger partial charge in [-0.3, -0.25) is 9.36 Å². The van der Waals surface area contributed by atoms with E-state index in [2.05, 4.69) is 31.5 Å². The number of nitrogens with zero attached hydrogens (tertiary/aromatic N) is 4. The molecule has 25 heavy (non-hydrogen) atoms. The van der Waals surface area contributed by atoms with E-state index in [0.29, 0.717) is 17.9 Å². The molecule has 4 aromatic rings. The Balaban J connectivity index is 1.42. The van der Waals surface area contributed by atoms with Crippen molar-refractivity contribution in [3.63, 3.8) is 0 Å². The fourth-order valence-electron chi connectivity index (χ4n) is 2.77. The third kappa shape index (κ3) is 3.12. The lowest BCUT2D eigenvalue weighted by molar-refractivity contribution is 0.0954. The van der Waals surface area contributed by atoms with Crippen LogP contribution in [-0.4, -0.2) is 37.2 Å². The first kappa shape index (κ1) is 15.1. The first-order valence-electron chi connectivity index (χ1n) is 7.95. The van der Waals surface area contributed by atoms with Gasteiger partial charge in [0.2, 0.25) is 0 Å². The van der Waals surface area contributed by atoms with Gasteiger partial charge in [-0.25, -0.2) is 4.98 Å². The van der Waals surface area contributed by atoms with Gasteiger partial charge in [-0.05, 0) is 30.2 Å². The number of carbonyl (C=O) groups excluding carboxylic acids is 1. The Hall–Kier alpha value is -3.48. The number of carbonyl (C=O) groups is 1. The number of aromatic nitrogens is 5. The van der Waals surface area contributed by atoms with Gasteiger partial charge < -0.3 is 10.3 Å². The van der Waals surface area contributed by atoms with E-state index >= 15 is 0 Å². The summed E-state index contributed by atoms with van der Waals surface area (Å²) in [5.41, 5.74) is 2.85. The zero-order valence-corrected chi connectivity index (χ0v) is 13.4. The number of benzene rings is 1. The molecular formula is C18H16N6O. The number of aromatic amines is 1. The molecule has 3 aromatic heterocycles. The first-order valence-corrected chi connectivity index (χ1v) is 7.95. The molecule has 0 fully saturated rings. The zero-order valence-electron chi connectivity index (χ0n) is 13.4. The maximum Gasteiger partial charge on any atom is 0.251 e. The minimum atomic E-state index is -0.128. The second-order valence-corrected chi connectivity index (χ2v) is 5.64. The molecule has 0 aliphatic rings. The van der Waals surface area contributed by atoms with Crippen molar-refractivity contribution in [1.82, 2.24) is 30.0 Å². The molecule has 1 aromatic carbocycles. The number of hydrogen-bond donors (Lipinski definition) is 2. The number of fused-ring (bicyclic) bond motifs is 1. The normalized spacial score (nSPS) is 10.9. The highest BCUT2D eigenvalue weighted by Crippen LogP contribution is 2.17. The maximum absolute atomic E-state index is 12.4. The van der Waals surface area contributed by atoms with Crippen LogP contribution >= 0.6 is 0 Å². The molecular weight excluding hydrogens is 316 g/mol. The first-order chi connectivity index (χ1) is 12.3. The molecule has 3 heterocycles. The van der Waals surface area contributed by atoms with Gasteiger partial charge in [-0.15, -0.1) is 10.2 Å². The fraction of sp³-hybridized carbons (Fsp3) is 0.111. The molecule has 0 unspecified atom stereocenters. The van der Waals surface area contributed by atoms with Crippen LogP contribution in [0, 0.1) is 0 Å². The van der Waals surface area contributed by atoms with E-state index < -0.39 is 0 Å². The molecule has 4 rings (SSSR count). The Bertz CT molecular complexity index is 1010.